The van der Waals surface area contributed by atoms with E-state index in [4.69, 9.17) is 0 Å². The van der Waals surface area contributed by atoms with Gasteiger partial charge in [0.1, 0.15) is 11.9 Å². The lowest BCUT2D eigenvalue weighted by atomic mass is 10.0. The van der Waals surface area contributed by atoms with Crippen molar-refractivity contribution in [3.8, 4) is 0 Å². The van der Waals surface area contributed by atoms with E-state index in [0.717, 1.165) is 28.0 Å². The van der Waals surface area contributed by atoms with Gasteiger partial charge in [-0.2, -0.15) is 4.98 Å². The van der Waals surface area contributed by atoms with Crippen molar-refractivity contribution >= 4 is 27.6 Å². The lowest BCUT2D eigenvalue weighted by Gasteiger charge is -2.24. The Hall–Kier alpha value is -3.98. The van der Waals surface area contributed by atoms with Gasteiger partial charge >= 0.3 is 0 Å². The highest BCUT2D eigenvalue weighted by Crippen LogP contribution is 2.33. The Bertz CT molecular complexity index is 1480. The molecule has 2 N–H and O–H groups in total. The molecule has 1 atom stereocenters. The Balaban J connectivity index is 1.53. The smallest absolute Gasteiger partial charge is 0.264 e. The van der Waals surface area contributed by atoms with Crippen LogP contribution < -0.4 is 10.0 Å². The van der Waals surface area contributed by atoms with Crippen LogP contribution in [0.4, 0.5) is 16.3 Å². The highest BCUT2D eigenvalue weighted by atomic mass is 32.2. The number of halogens is 1. The first-order valence-corrected chi connectivity index (χ1v) is 12.1. The van der Waals surface area contributed by atoms with E-state index in [1.54, 1.807) is 28.9 Å². The summed E-state index contributed by atoms with van der Waals surface area (Å²) in [4.78, 5) is 4.52. The maximum Gasteiger partial charge on any atom is 0.264 e. The maximum atomic E-state index is 13.6. The van der Waals surface area contributed by atoms with Crippen molar-refractivity contribution in [2.24, 2.45) is 0 Å². The number of anilines is 2. The van der Waals surface area contributed by atoms with Crippen molar-refractivity contribution in [2.75, 3.05) is 10.0 Å². The monoisotopic (exact) mass is 475 g/mol. The van der Waals surface area contributed by atoms with Gasteiger partial charge in [-0.1, -0.05) is 59.7 Å². The van der Waals surface area contributed by atoms with Gasteiger partial charge in [0, 0.05) is 5.70 Å². The Morgan fingerprint density at radius 3 is 2.18 bits per heavy atom. The molecule has 0 amide bonds. The van der Waals surface area contributed by atoms with Crippen molar-refractivity contribution in [3.63, 3.8) is 0 Å². The van der Waals surface area contributed by atoms with E-state index < -0.39 is 16.1 Å². The largest absolute Gasteiger partial charge is 0.324 e. The van der Waals surface area contributed by atoms with E-state index in [9.17, 15) is 12.8 Å². The minimum absolute atomic E-state index is 0.0613. The van der Waals surface area contributed by atoms with E-state index in [1.165, 1.54) is 24.3 Å². The highest BCUT2D eigenvalue weighted by Gasteiger charge is 2.27. The van der Waals surface area contributed by atoms with Crippen molar-refractivity contribution in [3.05, 3.63) is 107 Å². The molecule has 0 aliphatic carbocycles. The van der Waals surface area contributed by atoms with Crippen molar-refractivity contribution in [1.82, 2.24) is 14.8 Å². The summed E-state index contributed by atoms with van der Waals surface area (Å²) in [5.41, 5.74) is 4.60. The molecule has 34 heavy (non-hydrogen) atoms. The van der Waals surface area contributed by atoms with Crippen molar-refractivity contribution in [2.45, 2.75) is 24.8 Å². The average molecular weight is 476 g/mol. The molecule has 3 aromatic carbocycles. The number of aromatic nitrogens is 3. The Morgan fingerprint density at radius 1 is 0.912 bits per heavy atom. The molecular weight excluding hydrogens is 453 g/mol. The lowest BCUT2D eigenvalue weighted by Crippen LogP contribution is -2.20. The summed E-state index contributed by atoms with van der Waals surface area (Å²) in [7, 11) is -3.87. The van der Waals surface area contributed by atoms with Gasteiger partial charge in [0.05, 0.1) is 4.90 Å². The van der Waals surface area contributed by atoms with E-state index in [1.807, 2.05) is 44.2 Å². The Labute approximate surface area is 197 Å². The summed E-state index contributed by atoms with van der Waals surface area (Å²) < 4.78 is 43.3. The molecule has 172 valence electrons. The summed E-state index contributed by atoms with van der Waals surface area (Å²) in [6.07, 6.45) is 1.96. The minimum Gasteiger partial charge on any atom is -0.324 e. The third kappa shape index (κ3) is 4.29. The van der Waals surface area contributed by atoms with Crippen LogP contribution in [-0.2, 0) is 10.0 Å². The number of aryl methyl sites for hydroxylation is 2. The van der Waals surface area contributed by atoms with Crippen molar-refractivity contribution < 1.29 is 12.8 Å². The number of allylic oxidation sites excluding steroid dienone is 1. The molecule has 1 aliphatic rings. The van der Waals surface area contributed by atoms with Crippen LogP contribution in [0.1, 0.15) is 28.3 Å². The van der Waals surface area contributed by atoms with Crippen LogP contribution in [-0.4, -0.2) is 23.2 Å². The molecule has 5 rings (SSSR count). The van der Waals surface area contributed by atoms with Crippen LogP contribution in [0.2, 0.25) is 0 Å². The molecule has 0 saturated carbocycles. The summed E-state index contributed by atoms with van der Waals surface area (Å²) in [6, 6.07) is 20.2. The fourth-order valence-electron chi connectivity index (χ4n) is 3.73. The molecule has 7 nitrogen and oxygen atoms in total. The molecule has 9 heteroatoms. The van der Waals surface area contributed by atoms with E-state index in [0.29, 0.717) is 5.95 Å². The van der Waals surface area contributed by atoms with Gasteiger partial charge in [-0.25, -0.2) is 22.2 Å². The first-order valence-electron chi connectivity index (χ1n) is 10.7. The first kappa shape index (κ1) is 21.8. The first-order chi connectivity index (χ1) is 16.3. The van der Waals surface area contributed by atoms with Crippen LogP contribution in [0.5, 0.6) is 0 Å². The summed E-state index contributed by atoms with van der Waals surface area (Å²) in [6.45, 7) is 3.89. The molecule has 0 bridgehead atoms. The van der Waals surface area contributed by atoms with Gasteiger partial charge in [-0.05, 0) is 55.3 Å². The van der Waals surface area contributed by atoms with Gasteiger partial charge in [-0.15, -0.1) is 5.10 Å². The fraction of sp³-hybridized carbons (Fsp3) is 0.120. The number of rotatable bonds is 5. The van der Waals surface area contributed by atoms with Crippen LogP contribution in [0.3, 0.4) is 0 Å². The van der Waals surface area contributed by atoms with Crippen LogP contribution >= 0.6 is 0 Å². The standard InChI is InChI=1S/C25H22FN5O2S/c1-16-3-7-18(8-4-16)22-15-23(19-9-11-20(26)12-10-19)31-25(27-22)28-24(29-31)30-34(32,33)21-13-5-17(2)6-14-21/h3-15,23H,1-2H3,(H2,27,28,29,30)/t23-/m0/s1. The fourth-order valence-corrected chi connectivity index (χ4v) is 4.67. The van der Waals surface area contributed by atoms with Crippen LogP contribution in [0, 0.1) is 19.7 Å². The SMILES string of the molecule is Cc1ccc(C2=C[C@@H](c3ccc(F)cc3)n3nc(NS(=O)(=O)c4ccc(C)cc4)nc3N2)cc1. The second kappa shape index (κ2) is 8.42. The summed E-state index contributed by atoms with van der Waals surface area (Å²) in [5.74, 6) is -0.0338. The van der Waals surface area contributed by atoms with Crippen LogP contribution in [0.25, 0.3) is 5.70 Å². The van der Waals surface area contributed by atoms with Gasteiger partial charge in [-0.3, -0.25) is 0 Å². The number of hydrogen-bond donors (Lipinski definition) is 2. The maximum absolute atomic E-state index is 13.6. The number of fused-ring (bicyclic) bond motifs is 1. The molecule has 2 heterocycles. The van der Waals surface area contributed by atoms with Crippen LogP contribution in [0.15, 0.2) is 83.8 Å². The summed E-state index contributed by atoms with van der Waals surface area (Å²) in [5, 5.41) is 7.65. The summed E-state index contributed by atoms with van der Waals surface area (Å²) >= 11 is 0. The number of hydrogen-bond acceptors (Lipinski definition) is 5. The third-order valence-electron chi connectivity index (χ3n) is 5.60. The second-order valence-electron chi connectivity index (χ2n) is 8.19. The number of nitrogens with zero attached hydrogens (tertiary/aromatic N) is 3. The lowest BCUT2D eigenvalue weighted by molar-refractivity contribution is 0.597. The molecular formula is C25H22FN5O2S. The highest BCUT2D eigenvalue weighted by molar-refractivity contribution is 7.92. The molecule has 0 spiro atoms. The number of sulfonamides is 1. The zero-order valence-corrected chi connectivity index (χ0v) is 19.3. The third-order valence-corrected chi connectivity index (χ3v) is 6.94. The van der Waals surface area contributed by atoms with E-state index in [-0.39, 0.29) is 16.7 Å². The number of nitrogens with one attached hydrogen (secondary N) is 2. The van der Waals surface area contributed by atoms with Gasteiger partial charge in [0.25, 0.3) is 16.0 Å². The normalized spacial score (nSPS) is 15.3. The quantitative estimate of drug-likeness (QED) is 0.429. The molecule has 1 aromatic heterocycles. The second-order valence-corrected chi connectivity index (χ2v) is 9.87. The van der Waals surface area contributed by atoms with E-state index >= 15 is 0 Å². The number of benzene rings is 3. The molecule has 4 aromatic rings. The van der Waals surface area contributed by atoms with Gasteiger partial charge in [0.2, 0.25) is 5.95 Å². The topological polar surface area (TPSA) is 88.9 Å². The van der Waals surface area contributed by atoms with E-state index in [2.05, 4.69) is 20.1 Å². The molecule has 0 fully saturated rings. The predicted octanol–water partition coefficient (Wildman–Crippen LogP) is 4.89. The van der Waals surface area contributed by atoms with Gasteiger partial charge < -0.3 is 5.32 Å². The Morgan fingerprint density at radius 2 is 1.53 bits per heavy atom. The average Bonchev–Trinajstić information content (AvgIpc) is 3.21. The van der Waals surface area contributed by atoms with Crippen molar-refractivity contribution in [1.29, 1.82) is 0 Å². The Kier molecular flexibility index (Phi) is 5.41. The minimum atomic E-state index is -3.87. The van der Waals surface area contributed by atoms with Gasteiger partial charge in [0.15, 0.2) is 0 Å². The zero-order valence-electron chi connectivity index (χ0n) is 18.5. The molecule has 0 saturated heterocycles. The molecule has 0 unspecified atom stereocenters. The predicted molar refractivity (Wildman–Crippen MR) is 129 cm³/mol. The zero-order chi connectivity index (χ0) is 23.9. The molecule has 0 radical (unpaired) electrons. The molecule has 1 aliphatic heterocycles.